The molecule has 0 unspecified atom stereocenters. The van der Waals surface area contributed by atoms with Gasteiger partial charge in [0.15, 0.2) is 0 Å². The van der Waals surface area contributed by atoms with Crippen LogP contribution in [0.25, 0.3) is 11.1 Å². The van der Waals surface area contributed by atoms with Gasteiger partial charge in [-0.05, 0) is 142 Å². The monoisotopic (exact) mass is 700 g/mol. The molecule has 254 valence electrons. The van der Waals surface area contributed by atoms with E-state index in [1.54, 1.807) is 0 Å². The summed E-state index contributed by atoms with van der Waals surface area (Å²) in [4.78, 5) is 0. The number of anilines is 2. The van der Waals surface area contributed by atoms with Gasteiger partial charge in [-0.25, -0.2) is 0 Å². The van der Waals surface area contributed by atoms with Gasteiger partial charge in [-0.1, -0.05) is 24.3 Å². The number of benzene rings is 2. The van der Waals surface area contributed by atoms with Gasteiger partial charge in [-0.3, -0.25) is 0 Å². The van der Waals surface area contributed by atoms with Crippen molar-refractivity contribution in [2.24, 2.45) is 0 Å². The summed E-state index contributed by atoms with van der Waals surface area (Å²) < 4.78 is 6.36. The molecule has 4 aliphatic heterocycles. The van der Waals surface area contributed by atoms with Gasteiger partial charge in [0.05, 0.1) is 71.9 Å². The Bertz CT molecular complexity index is 1170. The molecule has 8 atom stereocenters. The molecule has 4 fully saturated rings. The van der Waals surface area contributed by atoms with Gasteiger partial charge in [0.2, 0.25) is 0 Å². The molecule has 6 rings (SSSR count). The molecule has 4 saturated heterocycles. The predicted octanol–water partition coefficient (Wildman–Crippen LogP) is 13.5. The van der Waals surface area contributed by atoms with Crippen molar-refractivity contribution in [3.63, 3.8) is 0 Å². The van der Waals surface area contributed by atoms with Crippen LogP contribution in [0.1, 0.15) is 107 Å². The maximum Gasteiger partial charge on any atom is 0.147 e. The van der Waals surface area contributed by atoms with Gasteiger partial charge < -0.3 is 0 Å². The van der Waals surface area contributed by atoms with Crippen molar-refractivity contribution < 1.29 is 0 Å². The van der Waals surface area contributed by atoms with Gasteiger partial charge in [0.25, 0.3) is 0 Å². The van der Waals surface area contributed by atoms with Gasteiger partial charge in [-0.2, -0.15) is 0 Å². The van der Waals surface area contributed by atoms with Crippen LogP contribution in [0.2, 0.25) is 0 Å². The zero-order chi connectivity index (χ0) is 33.4. The fraction of sp³-hybridized carbons (Fsp3) is 0.700. The van der Waals surface area contributed by atoms with E-state index in [9.17, 15) is 0 Å². The summed E-state index contributed by atoms with van der Waals surface area (Å²) in [6.45, 7) is 31.7. The molecular formula is C40H68N2P4+4. The fourth-order valence-electron chi connectivity index (χ4n) is 10.7. The van der Waals surface area contributed by atoms with Crippen LogP contribution in [0, 0.1) is 0 Å². The van der Waals surface area contributed by atoms with E-state index in [2.05, 4.69) is 139 Å². The average molecular weight is 701 g/mol. The standard InChI is InChI=1S/C40H68N2P4/c1-29-13-14-30(2)43(29,9)41(44(10)31(3)15-16-32(44)4)39-25-21-37(22-26-39)38-23-27-40(28-24-38)42(45(11)33(5)17-18-34(45)6)46(12)35(7)19-20-36(46)8/h21-36H,13-20H2,1-12H3/q+4/t29-,30-,31-,32-,33-,34-,35-,36-/m0/s1. The lowest BCUT2D eigenvalue weighted by molar-refractivity contribution is 0.777. The molecule has 0 radical (unpaired) electrons. The lowest BCUT2D eigenvalue weighted by atomic mass is 10.1. The molecule has 0 aromatic heterocycles. The quantitative estimate of drug-likeness (QED) is 0.265. The Balaban J connectivity index is 1.36. The normalized spacial score (nSPS) is 35.8. The predicted molar refractivity (Wildman–Crippen MR) is 221 cm³/mol. The Morgan fingerprint density at radius 3 is 0.696 bits per heavy atom. The van der Waals surface area contributed by atoms with Gasteiger partial charge >= 0.3 is 0 Å². The first-order chi connectivity index (χ1) is 21.6. The third kappa shape index (κ3) is 5.22. The largest absolute Gasteiger partial charge is 0.147 e. The molecule has 4 aliphatic rings. The minimum atomic E-state index is -1.30. The summed E-state index contributed by atoms with van der Waals surface area (Å²) in [5.74, 6) is 0. The van der Waals surface area contributed by atoms with Crippen LogP contribution < -0.4 is 8.88 Å². The summed E-state index contributed by atoms with van der Waals surface area (Å²) in [7, 11) is -5.20. The molecule has 0 bridgehead atoms. The van der Waals surface area contributed by atoms with Gasteiger partial charge in [0, 0.05) is 0 Å². The highest BCUT2D eigenvalue weighted by atomic mass is 31.3. The van der Waals surface area contributed by atoms with E-state index in [1.807, 2.05) is 0 Å². The van der Waals surface area contributed by atoms with Crippen LogP contribution in [0.5, 0.6) is 0 Å². The molecule has 46 heavy (non-hydrogen) atoms. The molecule has 6 heteroatoms. The van der Waals surface area contributed by atoms with Crippen molar-refractivity contribution in [1.29, 1.82) is 0 Å². The van der Waals surface area contributed by atoms with Crippen molar-refractivity contribution in [3.8, 4) is 11.1 Å². The van der Waals surface area contributed by atoms with Crippen molar-refractivity contribution in [1.82, 2.24) is 0 Å². The van der Waals surface area contributed by atoms with Crippen LogP contribution in [0.4, 0.5) is 11.4 Å². The molecule has 2 aromatic rings. The molecule has 0 saturated carbocycles. The zero-order valence-corrected chi connectivity index (χ0v) is 35.2. The molecule has 4 heterocycles. The fourth-order valence-corrected chi connectivity index (χ4v) is 35.9. The number of nitrogens with zero attached hydrogens (tertiary/aromatic N) is 2. The van der Waals surface area contributed by atoms with Crippen molar-refractivity contribution in [2.45, 2.75) is 152 Å². The number of hydrogen-bond donors (Lipinski definition) is 0. The summed E-state index contributed by atoms with van der Waals surface area (Å²) in [6, 6.07) is 20.0. The van der Waals surface area contributed by atoms with Crippen molar-refractivity contribution in [3.05, 3.63) is 48.5 Å². The molecule has 2 aromatic carbocycles. The molecule has 0 N–H and O–H groups in total. The third-order valence-corrected chi connectivity index (χ3v) is 40.5. The first kappa shape index (κ1) is 35.6. The first-order valence-electron chi connectivity index (χ1n) is 18.9. The maximum atomic E-state index is 3.18. The second kappa shape index (κ2) is 12.8. The maximum absolute atomic E-state index is 3.18. The Morgan fingerprint density at radius 1 is 0.348 bits per heavy atom. The summed E-state index contributed by atoms with van der Waals surface area (Å²) in [5.41, 5.74) is 12.5. The molecular weight excluding hydrogens is 632 g/mol. The average Bonchev–Trinajstić information content (AvgIpc) is 3.65. The third-order valence-electron chi connectivity index (χ3n) is 15.3. The SMILES string of the molecule is C[C@H]1CC[C@H](C)[P+]1(C)N(c1ccc(-c2ccc(N([P+]3(C)[C@@H](C)CC[C@@H]3C)[P+]3(C)[C@@H](C)CC[C@@H]3C)cc2)cc1)[P+]1(C)[C@@H](C)CC[C@@H]1C. The van der Waals surface area contributed by atoms with Crippen LogP contribution in [0.3, 0.4) is 0 Å². The minimum Gasteiger partial charge on any atom is -0.135 e. The molecule has 0 amide bonds. The van der Waals surface area contributed by atoms with Crippen molar-refractivity contribution in [2.75, 3.05) is 35.5 Å². The highest BCUT2D eigenvalue weighted by Gasteiger charge is 2.69. The first-order valence-corrected chi connectivity index (χ1v) is 28.2. The second-order valence-corrected chi connectivity index (χ2v) is 35.2. The van der Waals surface area contributed by atoms with Gasteiger partial charge in [0.1, 0.15) is 41.0 Å². The smallest absolute Gasteiger partial charge is 0.135 e. The van der Waals surface area contributed by atoms with Crippen LogP contribution >= 0.6 is 29.7 Å². The zero-order valence-electron chi connectivity index (χ0n) is 31.6. The van der Waals surface area contributed by atoms with Crippen LogP contribution in [0.15, 0.2) is 48.5 Å². The van der Waals surface area contributed by atoms with E-state index in [-0.39, 0.29) is 0 Å². The van der Waals surface area contributed by atoms with Crippen molar-refractivity contribution >= 4 is 41.0 Å². The van der Waals surface area contributed by atoms with E-state index in [1.165, 1.54) is 73.9 Å². The van der Waals surface area contributed by atoms with E-state index < -0.39 is 29.7 Å². The van der Waals surface area contributed by atoms with Crippen LogP contribution in [-0.2, 0) is 0 Å². The molecule has 2 nitrogen and oxygen atoms in total. The summed E-state index contributed by atoms with van der Waals surface area (Å²) in [6.07, 6.45) is 11.3. The Hall–Kier alpha value is -0.240. The molecule has 0 spiro atoms. The topological polar surface area (TPSA) is 6.48 Å². The Morgan fingerprint density at radius 2 is 0.522 bits per heavy atom. The van der Waals surface area contributed by atoms with E-state index in [0.717, 1.165) is 45.3 Å². The highest BCUT2D eigenvalue weighted by Crippen LogP contribution is 2.89. The Labute approximate surface area is 287 Å². The number of hydrogen-bond acceptors (Lipinski definition) is 2. The second-order valence-electron chi connectivity index (χ2n) is 17.2. The highest BCUT2D eigenvalue weighted by molar-refractivity contribution is 7.95. The number of rotatable bonds is 7. The minimum absolute atomic E-state index is 0.833. The van der Waals surface area contributed by atoms with E-state index in [0.29, 0.717) is 0 Å². The van der Waals surface area contributed by atoms with E-state index >= 15 is 0 Å². The van der Waals surface area contributed by atoms with Gasteiger partial charge in [-0.15, -0.1) is 8.88 Å². The Kier molecular flexibility index (Phi) is 9.92. The lowest BCUT2D eigenvalue weighted by Crippen LogP contribution is -2.35. The lowest BCUT2D eigenvalue weighted by Gasteiger charge is -2.45. The summed E-state index contributed by atoms with van der Waals surface area (Å²) in [5, 5.41) is 0. The summed E-state index contributed by atoms with van der Waals surface area (Å²) >= 11 is 0. The molecule has 0 aliphatic carbocycles. The van der Waals surface area contributed by atoms with E-state index in [4.69, 9.17) is 0 Å². The van der Waals surface area contributed by atoms with Crippen LogP contribution in [-0.4, -0.2) is 71.9 Å².